The van der Waals surface area contributed by atoms with Crippen LogP contribution in [0.15, 0.2) is 24.3 Å². The molecule has 0 radical (unpaired) electrons. The Balaban J connectivity index is 1.32. The van der Waals surface area contributed by atoms with Gasteiger partial charge >= 0.3 is 6.03 Å². The third-order valence-electron chi connectivity index (χ3n) is 7.00. The van der Waals surface area contributed by atoms with Crippen molar-refractivity contribution in [2.24, 2.45) is 5.92 Å². The molecule has 162 valence electrons. The Labute approximate surface area is 177 Å². The van der Waals surface area contributed by atoms with Gasteiger partial charge in [0, 0.05) is 13.1 Å². The van der Waals surface area contributed by atoms with Crippen LogP contribution in [-0.4, -0.2) is 59.4 Å². The highest BCUT2D eigenvalue weighted by molar-refractivity contribution is 6.09. The van der Waals surface area contributed by atoms with Gasteiger partial charge in [0.25, 0.3) is 5.91 Å². The van der Waals surface area contributed by atoms with E-state index in [1.54, 1.807) is 14.0 Å². The molecule has 3 fully saturated rings. The number of carbonyl (C=O) groups is 3. The minimum atomic E-state index is -0.767. The van der Waals surface area contributed by atoms with Crippen LogP contribution < -0.4 is 10.1 Å². The highest BCUT2D eigenvalue weighted by Crippen LogP contribution is 2.36. The Hall–Kier alpha value is -2.57. The Morgan fingerprint density at radius 2 is 1.80 bits per heavy atom. The third-order valence-corrected chi connectivity index (χ3v) is 7.00. The molecule has 1 aliphatic carbocycles. The Morgan fingerprint density at radius 3 is 2.40 bits per heavy atom. The van der Waals surface area contributed by atoms with Crippen molar-refractivity contribution in [2.45, 2.75) is 63.5 Å². The summed E-state index contributed by atoms with van der Waals surface area (Å²) in [5.41, 5.74) is 0.506. The summed E-state index contributed by atoms with van der Waals surface area (Å²) in [7, 11) is 1.66. The third kappa shape index (κ3) is 3.77. The standard InChI is InChI=1S/C23H31N3O4/c1-16(26-21(28)23(24-22(26)29)11-3-4-12-23)20(27)25-13-9-18(10-14-25)15-17-5-7-19(30-2)8-6-17/h5-8,16,18H,3-4,9-15H2,1-2H3,(H,24,29). The molecule has 1 spiro atoms. The number of nitrogens with one attached hydrogen (secondary N) is 1. The summed E-state index contributed by atoms with van der Waals surface area (Å²) in [5, 5.41) is 2.87. The fourth-order valence-corrected chi connectivity index (χ4v) is 5.14. The number of ether oxygens (including phenoxy) is 1. The van der Waals surface area contributed by atoms with Crippen LogP contribution in [0.5, 0.6) is 5.75 Å². The van der Waals surface area contributed by atoms with Gasteiger partial charge in [-0.15, -0.1) is 0 Å². The van der Waals surface area contributed by atoms with Crippen LogP contribution in [0.25, 0.3) is 0 Å². The summed E-state index contributed by atoms with van der Waals surface area (Å²) in [4.78, 5) is 41.5. The van der Waals surface area contributed by atoms with Crippen LogP contribution >= 0.6 is 0 Å². The second-order valence-corrected chi connectivity index (χ2v) is 8.89. The molecule has 4 amide bonds. The number of imide groups is 1. The van der Waals surface area contributed by atoms with E-state index in [-0.39, 0.29) is 11.8 Å². The largest absolute Gasteiger partial charge is 0.497 e. The molecule has 3 aliphatic rings. The SMILES string of the molecule is COc1ccc(CC2CCN(C(=O)C(C)N3C(=O)NC4(CCCC4)C3=O)CC2)cc1. The zero-order valence-electron chi connectivity index (χ0n) is 17.9. The predicted molar refractivity (Wildman–Crippen MR) is 112 cm³/mol. The van der Waals surface area contributed by atoms with Gasteiger partial charge in [-0.2, -0.15) is 0 Å². The number of methoxy groups -OCH3 is 1. The Kier molecular flexibility index (Phi) is 5.71. The zero-order valence-corrected chi connectivity index (χ0v) is 17.9. The maximum absolute atomic E-state index is 13.1. The van der Waals surface area contributed by atoms with Gasteiger partial charge in [-0.3, -0.25) is 9.59 Å². The first-order valence-corrected chi connectivity index (χ1v) is 11.0. The number of carbonyl (C=O) groups excluding carboxylic acids is 3. The van der Waals surface area contributed by atoms with E-state index >= 15 is 0 Å². The second-order valence-electron chi connectivity index (χ2n) is 8.89. The Morgan fingerprint density at radius 1 is 1.17 bits per heavy atom. The van der Waals surface area contributed by atoms with E-state index in [0.29, 0.717) is 31.8 Å². The van der Waals surface area contributed by atoms with Gasteiger partial charge in [0.15, 0.2) is 0 Å². The molecule has 0 aromatic heterocycles. The van der Waals surface area contributed by atoms with Gasteiger partial charge < -0.3 is 15.0 Å². The maximum Gasteiger partial charge on any atom is 0.325 e. The lowest BCUT2D eigenvalue weighted by atomic mass is 9.90. The second kappa shape index (κ2) is 8.28. The molecule has 1 N–H and O–H groups in total. The lowest BCUT2D eigenvalue weighted by Gasteiger charge is -2.35. The quantitative estimate of drug-likeness (QED) is 0.753. The van der Waals surface area contributed by atoms with E-state index in [1.807, 2.05) is 17.0 Å². The average Bonchev–Trinajstić information content (AvgIpc) is 3.32. The van der Waals surface area contributed by atoms with E-state index in [1.165, 1.54) is 5.56 Å². The molecule has 2 saturated heterocycles. The summed E-state index contributed by atoms with van der Waals surface area (Å²) < 4.78 is 5.21. The van der Waals surface area contributed by atoms with Gasteiger partial charge in [0.1, 0.15) is 17.3 Å². The predicted octanol–water partition coefficient (Wildman–Crippen LogP) is 2.73. The topological polar surface area (TPSA) is 79.0 Å². The summed E-state index contributed by atoms with van der Waals surface area (Å²) in [5.74, 6) is 1.03. The average molecular weight is 414 g/mol. The van der Waals surface area contributed by atoms with Crippen molar-refractivity contribution in [3.05, 3.63) is 29.8 Å². The first-order chi connectivity index (χ1) is 14.4. The van der Waals surface area contributed by atoms with Gasteiger partial charge in [0.2, 0.25) is 5.91 Å². The van der Waals surface area contributed by atoms with E-state index in [4.69, 9.17) is 4.74 Å². The zero-order chi connectivity index (χ0) is 21.3. The summed E-state index contributed by atoms with van der Waals surface area (Å²) in [6.07, 6.45) is 6.05. The minimum Gasteiger partial charge on any atom is -0.497 e. The first kappa shape index (κ1) is 20.7. The Bertz CT molecular complexity index is 808. The molecule has 1 aromatic rings. The van der Waals surface area contributed by atoms with Crippen molar-refractivity contribution >= 4 is 17.8 Å². The molecular weight excluding hydrogens is 382 g/mol. The minimum absolute atomic E-state index is 0.128. The van der Waals surface area contributed by atoms with Crippen molar-refractivity contribution in [2.75, 3.05) is 20.2 Å². The van der Waals surface area contributed by atoms with Gasteiger partial charge in [-0.1, -0.05) is 25.0 Å². The van der Waals surface area contributed by atoms with E-state index < -0.39 is 17.6 Å². The molecule has 1 aromatic carbocycles. The maximum atomic E-state index is 13.1. The fraction of sp³-hybridized carbons (Fsp3) is 0.609. The number of nitrogens with zero attached hydrogens (tertiary/aromatic N) is 2. The lowest BCUT2D eigenvalue weighted by Crippen LogP contribution is -2.52. The van der Waals surface area contributed by atoms with Gasteiger partial charge in [-0.05, 0) is 62.6 Å². The van der Waals surface area contributed by atoms with Gasteiger partial charge in [0.05, 0.1) is 7.11 Å². The molecule has 7 nitrogen and oxygen atoms in total. The van der Waals surface area contributed by atoms with Crippen LogP contribution in [0, 0.1) is 5.92 Å². The molecule has 2 aliphatic heterocycles. The normalized spacial score (nSPS) is 22.5. The van der Waals surface area contributed by atoms with Crippen molar-refractivity contribution in [1.29, 1.82) is 0 Å². The van der Waals surface area contributed by atoms with Crippen molar-refractivity contribution < 1.29 is 19.1 Å². The monoisotopic (exact) mass is 413 g/mol. The molecule has 0 bridgehead atoms. The van der Waals surface area contributed by atoms with E-state index in [0.717, 1.165) is 42.8 Å². The molecule has 1 unspecified atom stereocenters. The molecule has 7 heteroatoms. The number of urea groups is 1. The number of piperidine rings is 1. The summed E-state index contributed by atoms with van der Waals surface area (Å²) in [6.45, 7) is 3.01. The van der Waals surface area contributed by atoms with Crippen molar-refractivity contribution in [1.82, 2.24) is 15.1 Å². The van der Waals surface area contributed by atoms with Crippen LogP contribution in [0.2, 0.25) is 0 Å². The molecule has 1 saturated carbocycles. The summed E-state index contributed by atoms with van der Waals surface area (Å²) in [6, 6.07) is 6.97. The highest BCUT2D eigenvalue weighted by Gasteiger charge is 2.54. The van der Waals surface area contributed by atoms with Crippen molar-refractivity contribution in [3.63, 3.8) is 0 Å². The molecule has 2 heterocycles. The van der Waals surface area contributed by atoms with Crippen LogP contribution in [0.1, 0.15) is 51.0 Å². The number of benzene rings is 1. The van der Waals surface area contributed by atoms with E-state index in [2.05, 4.69) is 17.4 Å². The summed E-state index contributed by atoms with van der Waals surface area (Å²) >= 11 is 0. The molecular formula is C23H31N3O4. The molecule has 30 heavy (non-hydrogen) atoms. The number of rotatable bonds is 5. The van der Waals surface area contributed by atoms with Crippen LogP contribution in [0.3, 0.4) is 0 Å². The van der Waals surface area contributed by atoms with Crippen LogP contribution in [0.4, 0.5) is 4.79 Å². The van der Waals surface area contributed by atoms with Crippen molar-refractivity contribution in [3.8, 4) is 5.75 Å². The highest BCUT2D eigenvalue weighted by atomic mass is 16.5. The number of amides is 4. The molecule has 4 rings (SSSR count). The smallest absolute Gasteiger partial charge is 0.325 e. The fourth-order valence-electron chi connectivity index (χ4n) is 5.14. The van der Waals surface area contributed by atoms with E-state index in [9.17, 15) is 14.4 Å². The number of hydrogen-bond donors (Lipinski definition) is 1. The molecule has 1 atom stereocenters. The number of hydrogen-bond acceptors (Lipinski definition) is 4. The number of likely N-dealkylation sites (tertiary alicyclic amines) is 1. The lowest BCUT2D eigenvalue weighted by molar-refractivity contribution is -0.143. The first-order valence-electron chi connectivity index (χ1n) is 11.0. The van der Waals surface area contributed by atoms with Crippen LogP contribution in [-0.2, 0) is 16.0 Å². The van der Waals surface area contributed by atoms with Gasteiger partial charge in [-0.25, -0.2) is 9.69 Å².